The number of ether oxygens (including phenoxy) is 3. The molecule has 4 aromatic carbocycles. The lowest BCUT2D eigenvalue weighted by molar-refractivity contribution is -0.144. The van der Waals surface area contributed by atoms with E-state index in [-0.39, 0.29) is 38.6 Å². The summed E-state index contributed by atoms with van der Waals surface area (Å²) in [5, 5.41) is 21.9. The Hall–Kier alpha value is -6.92. The number of β-amino-alcohol motifs (C(OH)–C–C–N with tert-alkyl or cyclic N) is 1. The number of hydrogen-bond donors (Lipinski definition) is 4. The predicted octanol–water partition coefficient (Wildman–Crippen LogP) is 7.34. The van der Waals surface area contributed by atoms with E-state index >= 15 is 0 Å². The zero-order chi connectivity index (χ0) is 50.2. The van der Waals surface area contributed by atoms with E-state index in [1.807, 2.05) is 107 Å². The van der Waals surface area contributed by atoms with E-state index in [1.165, 1.54) is 4.90 Å². The second kappa shape index (κ2) is 22.4. The van der Waals surface area contributed by atoms with Gasteiger partial charge in [-0.3, -0.25) is 19.2 Å². The van der Waals surface area contributed by atoms with Crippen molar-refractivity contribution in [3.63, 3.8) is 0 Å². The number of likely N-dealkylation sites (tertiary alicyclic amines) is 1. The molecule has 0 saturated carbocycles. The Labute approximate surface area is 416 Å². The van der Waals surface area contributed by atoms with Gasteiger partial charge in [-0.25, -0.2) is 4.98 Å². The van der Waals surface area contributed by atoms with E-state index in [4.69, 9.17) is 24.5 Å². The van der Waals surface area contributed by atoms with Crippen molar-refractivity contribution in [2.45, 2.75) is 85.2 Å². The number of nitrogens with two attached hydrogens (primary N) is 1. The van der Waals surface area contributed by atoms with Crippen molar-refractivity contribution < 1.29 is 43.0 Å². The van der Waals surface area contributed by atoms with Gasteiger partial charge in [0.1, 0.15) is 30.2 Å². The van der Waals surface area contributed by atoms with E-state index in [0.29, 0.717) is 56.3 Å². The minimum absolute atomic E-state index is 0.0190. The molecule has 17 heteroatoms. The fourth-order valence-electron chi connectivity index (χ4n) is 9.02. The number of primary amides is 1. The number of aromatic nitrogens is 3. The van der Waals surface area contributed by atoms with Crippen molar-refractivity contribution in [2.75, 3.05) is 39.6 Å². The van der Waals surface area contributed by atoms with Crippen LogP contribution in [0.3, 0.4) is 0 Å². The summed E-state index contributed by atoms with van der Waals surface area (Å²) in [7, 11) is 0. The van der Waals surface area contributed by atoms with Gasteiger partial charge < -0.3 is 49.7 Å². The molecule has 0 aliphatic carbocycles. The highest BCUT2D eigenvalue weighted by atomic mass is 32.1. The largest absolute Gasteiger partial charge is 0.493 e. The van der Waals surface area contributed by atoms with Crippen molar-refractivity contribution >= 4 is 56.8 Å². The summed E-state index contributed by atoms with van der Waals surface area (Å²) in [5.74, 6) is -0.544. The predicted molar refractivity (Wildman–Crippen MR) is 272 cm³/mol. The highest BCUT2D eigenvalue weighted by Gasteiger charge is 2.44. The first-order chi connectivity index (χ1) is 34.2. The molecule has 71 heavy (non-hydrogen) atoms. The number of aryl methyl sites for hydroxylation is 2. The molecule has 4 amide bonds. The van der Waals surface area contributed by atoms with Crippen molar-refractivity contribution in [3.05, 3.63) is 125 Å². The summed E-state index contributed by atoms with van der Waals surface area (Å²) in [6.07, 6.45) is 2.02. The van der Waals surface area contributed by atoms with Crippen molar-refractivity contribution in [2.24, 2.45) is 11.1 Å². The fourth-order valence-corrected chi connectivity index (χ4v) is 9.83. The van der Waals surface area contributed by atoms with Gasteiger partial charge >= 0.3 is 0 Å². The third kappa shape index (κ3) is 12.0. The number of rotatable bonds is 21. The maximum Gasteiger partial charge on any atom is 0.249 e. The molecule has 1 saturated heterocycles. The van der Waals surface area contributed by atoms with Gasteiger partial charge in [-0.15, -0.1) is 11.3 Å². The van der Waals surface area contributed by atoms with Crippen molar-refractivity contribution in [3.8, 4) is 27.3 Å². The van der Waals surface area contributed by atoms with E-state index < -0.39 is 41.3 Å². The van der Waals surface area contributed by atoms with E-state index in [2.05, 4.69) is 37.5 Å². The van der Waals surface area contributed by atoms with Crippen LogP contribution in [0, 0.1) is 19.3 Å². The Morgan fingerprint density at radius 2 is 1.65 bits per heavy atom. The number of aliphatic hydroxyl groups excluding tert-OH is 1. The van der Waals surface area contributed by atoms with Crippen LogP contribution in [0.15, 0.2) is 101 Å². The van der Waals surface area contributed by atoms with Crippen LogP contribution in [-0.2, 0) is 36.9 Å². The van der Waals surface area contributed by atoms with Gasteiger partial charge in [0, 0.05) is 79.7 Å². The number of amides is 4. The Morgan fingerprint density at radius 1 is 0.901 bits per heavy atom. The number of benzene rings is 4. The monoisotopic (exact) mass is 983 g/mol. The molecule has 7 aromatic rings. The van der Waals surface area contributed by atoms with Crippen LogP contribution in [0.4, 0.5) is 0 Å². The molecule has 3 aromatic heterocycles. The fraction of sp³-hybridized carbons (Fsp3) is 0.370. The summed E-state index contributed by atoms with van der Waals surface area (Å²) in [4.78, 5) is 60.4. The van der Waals surface area contributed by atoms with Gasteiger partial charge in [0.25, 0.3) is 0 Å². The summed E-state index contributed by atoms with van der Waals surface area (Å²) >= 11 is 1.57. The summed E-state index contributed by atoms with van der Waals surface area (Å²) in [6.45, 7) is 11.3. The molecule has 4 heterocycles. The average Bonchev–Trinajstić information content (AvgIpc) is 4.15. The lowest BCUT2D eigenvalue weighted by Crippen LogP contribution is -2.58. The number of fused-ring (bicyclic) bond motifs is 3. The lowest BCUT2D eigenvalue weighted by atomic mass is 9.85. The normalized spacial score (nSPS) is 15.3. The Morgan fingerprint density at radius 3 is 2.34 bits per heavy atom. The molecule has 0 unspecified atom stereocenters. The number of hydrogen-bond acceptors (Lipinski definition) is 12. The molecule has 0 spiro atoms. The maximum atomic E-state index is 14.0. The molecular formula is C54H61N7O9S. The van der Waals surface area contributed by atoms with E-state index in [0.717, 1.165) is 60.2 Å². The van der Waals surface area contributed by atoms with Gasteiger partial charge in [0.15, 0.2) is 0 Å². The lowest BCUT2D eigenvalue weighted by Gasteiger charge is -2.35. The van der Waals surface area contributed by atoms with Crippen LogP contribution in [0.25, 0.3) is 43.4 Å². The van der Waals surface area contributed by atoms with Crippen molar-refractivity contribution in [1.82, 2.24) is 30.2 Å². The highest BCUT2D eigenvalue weighted by molar-refractivity contribution is 7.13. The molecule has 0 bridgehead atoms. The molecule has 1 aliphatic rings. The zero-order valence-electron chi connectivity index (χ0n) is 40.7. The Balaban J connectivity index is 0.783. The number of nitrogens with one attached hydrogen (secondary N) is 2. The number of carbonyl (C=O) groups is 4. The number of carbonyl (C=O) groups excluding carboxylic acids is 4. The first kappa shape index (κ1) is 50.5. The summed E-state index contributed by atoms with van der Waals surface area (Å²) in [6, 6.07) is 25.8. The molecule has 16 nitrogen and oxygen atoms in total. The Kier molecular flexibility index (Phi) is 16.0. The third-order valence-electron chi connectivity index (χ3n) is 12.7. The SMILES string of the molecule is Cc1ncsc1-c1ccc(CNC(=O)[C@@H]2C[C@@H](O)CN2C(=O)[C@@H](NC(=O)COCCCOCCCOc2ccc3c(c2)c2c(C(N)=O)cc(-c4cnoc4C)cc2n3Cc2ccccc2)C(C)(C)C)cc1. The van der Waals surface area contributed by atoms with E-state index in [1.54, 1.807) is 23.6 Å². The molecule has 372 valence electrons. The topological polar surface area (TPSA) is 213 Å². The van der Waals surface area contributed by atoms with Gasteiger partial charge in [0.2, 0.25) is 23.6 Å². The van der Waals surface area contributed by atoms with Crippen molar-refractivity contribution in [1.29, 1.82) is 0 Å². The second-order valence-corrected chi connectivity index (χ2v) is 19.8. The van der Waals surface area contributed by atoms with Crippen LogP contribution in [-0.4, -0.2) is 106 Å². The Bertz CT molecular complexity index is 2990. The van der Waals surface area contributed by atoms with Gasteiger partial charge in [-0.05, 0) is 78.3 Å². The number of aliphatic hydroxyl groups is 1. The first-order valence-corrected chi connectivity index (χ1v) is 24.7. The second-order valence-electron chi connectivity index (χ2n) is 19.0. The van der Waals surface area contributed by atoms with Crippen LogP contribution < -0.4 is 21.1 Å². The van der Waals surface area contributed by atoms with Gasteiger partial charge in [0.05, 0.1) is 40.5 Å². The molecular weight excluding hydrogens is 923 g/mol. The maximum absolute atomic E-state index is 14.0. The first-order valence-electron chi connectivity index (χ1n) is 23.8. The molecule has 1 aliphatic heterocycles. The molecule has 5 N–H and O–H groups in total. The quantitative estimate of drug-likeness (QED) is 0.0523. The minimum atomic E-state index is -0.967. The molecule has 1 fully saturated rings. The summed E-state index contributed by atoms with van der Waals surface area (Å²) < 4.78 is 25.2. The smallest absolute Gasteiger partial charge is 0.249 e. The average molecular weight is 984 g/mol. The molecule has 0 radical (unpaired) electrons. The van der Waals surface area contributed by atoms with Crippen LogP contribution in [0.5, 0.6) is 5.75 Å². The summed E-state index contributed by atoms with van der Waals surface area (Å²) in [5.41, 5.74) is 14.9. The zero-order valence-corrected chi connectivity index (χ0v) is 41.6. The highest BCUT2D eigenvalue weighted by Crippen LogP contribution is 2.38. The standard InChI is InChI=1S/C54H61N7O9S/c1-33-49(71-32-57-33)37-15-13-35(14-16-37)27-56-52(65)46-25-39(62)30-61(46)53(66)50(54(3,4)5)59-47(63)31-68-21-9-19-67-20-10-22-69-40-17-18-44-41(26-40)48-42(51(55)64)23-38(43-28-58-70-34(43)2)24-45(48)60(44)29-36-11-7-6-8-12-36/h6-8,11-18,23-24,26,28,32,39,46,50,62H,9-10,19-22,25,27,29-31H2,1-5H3,(H2,55,64)(H,56,65)(H,59,63)/t39-,46+,50-/m1/s1. The minimum Gasteiger partial charge on any atom is -0.493 e. The molecule has 8 rings (SSSR count). The molecule has 3 atom stereocenters. The number of nitrogens with zero attached hydrogens (tertiary/aromatic N) is 4. The third-order valence-corrected chi connectivity index (χ3v) is 13.6. The number of thiazole rings is 1. The van der Waals surface area contributed by atoms with Gasteiger partial charge in [-0.1, -0.05) is 80.5 Å². The van der Waals surface area contributed by atoms with Crippen LogP contribution in [0.1, 0.15) is 73.0 Å². The van der Waals surface area contributed by atoms with E-state index in [9.17, 15) is 24.3 Å². The van der Waals surface area contributed by atoms with Gasteiger partial charge in [-0.2, -0.15) is 0 Å². The van der Waals surface area contributed by atoms with Crippen LogP contribution in [0.2, 0.25) is 0 Å². The van der Waals surface area contributed by atoms with Crippen LogP contribution >= 0.6 is 11.3 Å².